The minimum absolute atomic E-state index is 0.0433. The zero-order valence-corrected chi connectivity index (χ0v) is 10.1. The van der Waals surface area contributed by atoms with Crippen molar-refractivity contribution in [1.82, 2.24) is 0 Å². The molecule has 94 valence electrons. The average molecular weight is 244 g/mol. The number of allylic oxidation sites excluding steroid dienone is 1. The minimum Gasteiger partial charge on any atom is -0.481 e. The quantitative estimate of drug-likeness (QED) is 0.831. The van der Waals surface area contributed by atoms with Crippen LogP contribution in [0.1, 0.15) is 24.8 Å². The monoisotopic (exact) mass is 244 g/mol. The number of Topliss-reactive ketones (excluding diaryl/α,β-unsaturated/α-hetero) is 1. The SMILES string of the molecule is O=C1CCC=C(Cc2ccccc2)C(C(=O)O)C1. The normalized spacial score (nSPS) is 20.1. The average Bonchev–Trinajstić information content (AvgIpc) is 2.53. The molecule has 0 saturated carbocycles. The molecule has 0 bridgehead atoms. The van der Waals surface area contributed by atoms with E-state index in [1.165, 1.54) is 0 Å². The van der Waals surface area contributed by atoms with Crippen molar-refractivity contribution in [2.75, 3.05) is 0 Å². The Morgan fingerprint density at radius 3 is 2.67 bits per heavy atom. The second-order valence-electron chi connectivity index (χ2n) is 4.61. The lowest BCUT2D eigenvalue weighted by atomic mass is 9.90. The maximum absolute atomic E-state index is 11.5. The van der Waals surface area contributed by atoms with Crippen LogP contribution in [-0.4, -0.2) is 16.9 Å². The van der Waals surface area contributed by atoms with E-state index in [1.54, 1.807) is 0 Å². The predicted molar refractivity (Wildman–Crippen MR) is 68.2 cm³/mol. The molecule has 3 heteroatoms. The first-order valence-electron chi connectivity index (χ1n) is 6.14. The molecular formula is C15H16O3. The van der Waals surface area contributed by atoms with Gasteiger partial charge in [-0.1, -0.05) is 42.0 Å². The summed E-state index contributed by atoms with van der Waals surface area (Å²) in [6.45, 7) is 0. The largest absolute Gasteiger partial charge is 0.481 e. The fraction of sp³-hybridized carbons (Fsp3) is 0.333. The summed E-state index contributed by atoms with van der Waals surface area (Å²) >= 11 is 0. The van der Waals surface area contributed by atoms with Gasteiger partial charge in [-0.05, 0) is 18.4 Å². The Balaban J connectivity index is 2.20. The van der Waals surface area contributed by atoms with E-state index in [1.807, 2.05) is 36.4 Å². The van der Waals surface area contributed by atoms with Crippen LogP contribution in [0.5, 0.6) is 0 Å². The molecular weight excluding hydrogens is 228 g/mol. The lowest BCUT2D eigenvalue weighted by molar-refractivity contribution is -0.142. The Bertz CT molecular complexity index is 474. The molecule has 1 atom stereocenters. The molecule has 0 aliphatic heterocycles. The van der Waals surface area contributed by atoms with Gasteiger partial charge in [-0.25, -0.2) is 0 Å². The predicted octanol–water partition coefficient (Wildman–Crippen LogP) is 2.61. The number of hydrogen-bond acceptors (Lipinski definition) is 2. The molecule has 3 nitrogen and oxygen atoms in total. The number of carboxylic acid groups (broad SMARTS) is 1. The van der Waals surface area contributed by atoms with Gasteiger partial charge in [0.05, 0.1) is 5.92 Å². The minimum atomic E-state index is -0.896. The summed E-state index contributed by atoms with van der Waals surface area (Å²) < 4.78 is 0. The molecule has 0 radical (unpaired) electrons. The standard InChI is InChI=1S/C15H16O3/c16-13-8-4-7-12(14(10-13)15(17)18)9-11-5-2-1-3-6-11/h1-3,5-7,14H,4,8-10H2,(H,17,18). The van der Waals surface area contributed by atoms with Gasteiger partial charge >= 0.3 is 5.97 Å². The molecule has 0 spiro atoms. The van der Waals surface area contributed by atoms with E-state index >= 15 is 0 Å². The molecule has 1 aliphatic rings. The van der Waals surface area contributed by atoms with Crippen molar-refractivity contribution in [3.8, 4) is 0 Å². The molecule has 0 fully saturated rings. The number of carbonyl (C=O) groups is 2. The summed E-state index contributed by atoms with van der Waals surface area (Å²) in [6.07, 6.45) is 3.79. The lowest BCUT2D eigenvalue weighted by Crippen LogP contribution is -2.19. The third-order valence-electron chi connectivity index (χ3n) is 3.26. The highest BCUT2D eigenvalue weighted by Crippen LogP contribution is 2.25. The summed E-state index contributed by atoms with van der Waals surface area (Å²) in [5.41, 5.74) is 1.95. The van der Waals surface area contributed by atoms with Crippen molar-refractivity contribution in [2.45, 2.75) is 25.7 Å². The molecule has 2 rings (SSSR count). The van der Waals surface area contributed by atoms with E-state index in [9.17, 15) is 14.7 Å². The van der Waals surface area contributed by atoms with Crippen molar-refractivity contribution in [3.05, 3.63) is 47.5 Å². The van der Waals surface area contributed by atoms with Gasteiger partial charge in [-0.3, -0.25) is 9.59 Å². The van der Waals surface area contributed by atoms with Crippen LogP contribution >= 0.6 is 0 Å². The molecule has 18 heavy (non-hydrogen) atoms. The first-order chi connectivity index (χ1) is 8.66. The number of rotatable bonds is 3. The van der Waals surface area contributed by atoms with Crippen LogP contribution in [-0.2, 0) is 16.0 Å². The Morgan fingerprint density at radius 1 is 1.28 bits per heavy atom. The molecule has 0 aromatic heterocycles. The Kier molecular flexibility index (Phi) is 3.92. The van der Waals surface area contributed by atoms with Gasteiger partial charge in [0.2, 0.25) is 0 Å². The van der Waals surface area contributed by atoms with Gasteiger partial charge in [0, 0.05) is 12.8 Å². The fourth-order valence-corrected chi connectivity index (χ4v) is 2.29. The van der Waals surface area contributed by atoms with E-state index < -0.39 is 11.9 Å². The van der Waals surface area contributed by atoms with Crippen LogP contribution in [0.15, 0.2) is 42.0 Å². The summed E-state index contributed by atoms with van der Waals surface area (Å²) in [5.74, 6) is -1.51. The van der Waals surface area contributed by atoms with E-state index in [4.69, 9.17) is 0 Å². The summed E-state index contributed by atoms with van der Waals surface area (Å²) in [7, 11) is 0. The lowest BCUT2D eigenvalue weighted by Gasteiger charge is -2.14. The second-order valence-corrected chi connectivity index (χ2v) is 4.61. The maximum Gasteiger partial charge on any atom is 0.311 e. The number of aliphatic carboxylic acids is 1. The van der Waals surface area contributed by atoms with E-state index in [0.29, 0.717) is 19.3 Å². The highest BCUT2D eigenvalue weighted by molar-refractivity contribution is 5.86. The number of hydrogen-bond donors (Lipinski definition) is 1. The summed E-state index contributed by atoms with van der Waals surface area (Å²) in [6, 6.07) is 9.77. The van der Waals surface area contributed by atoms with Gasteiger partial charge in [-0.15, -0.1) is 0 Å². The van der Waals surface area contributed by atoms with E-state index in [0.717, 1.165) is 11.1 Å². The first kappa shape index (κ1) is 12.6. The topological polar surface area (TPSA) is 54.4 Å². The zero-order valence-electron chi connectivity index (χ0n) is 10.1. The molecule has 1 aliphatic carbocycles. The molecule has 1 N–H and O–H groups in total. The Morgan fingerprint density at radius 2 is 2.00 bits per heavy atom. The van der Waals surface area contributed by atoms with Crippen LogP contribution in [0.25, 0.3) is 0 Å². The Labute approximate surface area is 106 Å². The zero-order chi connectivity index (χ0) is 13.0. The van der Waals surface area contributed by atoms with Crippen LogP contribution in [0.3, 0.4) is 0 Å². The van der Waals surface area contributed by atoms with Crippen molar-refractivity contribution in [2.24, 2.45) is 5.92 Å². The van der Waals surface area contributed by atoms with Crippen LogP contribution in [0, 0.1) is 5.92 Å². The van der Waals surface area contributed by atoms with Gasteiger partial charge in [0.15, 0.2) is 0 Å². The molecule has 0 amide bonds. The van der Waals surface area contributed by atoms with Crippen LogP contribution in [0.4, 0.5) is 0 Å². The third-order valence-corrected chi connectivity index (χ3v) is 3.26. The molecule has 1 unspecified atom stereocenters. The maximum atomic E-state index is 11.5. The molecule has 0 heterocycles. The highest BCUT2D eigenvalue weighted by atomic mass is 16.4. The smallest absolute Gasteiger partial charge is 0.311 e. The Hall–Kier alpha value is -1.90. The number of ketones is 1. The molecule has 1 aromatic rings. The summed E-state index contributed by atoms with van der Waals surface area (Å²) in [4.78, 5) is 22.8. The van der Waals surface area contributed by atoms with Gasteiger partial charge < -0.3 is 5.11 Å². The highest BCUT2D eigenvalue weighted by Gasteiger charge is 2.27. The number of carbonyl (C=O) groups excluding carboxylic acids is 1. The van der Waals surface area contributed by atoms with Crippen molar-refractivity contribution >= 4 is 11.8 Å². The van der Waals surface area contributed by atoms with Crippen molar-refractivity contribution in [3.63, 3.8) is 0 Å². The number of carboxylic acids is 1. The van der Waals surface area contributed by atoms with Gasteiger partial charge in [0.1, 0.15) is 5.78 Å². The molecule has 0 saturated heterocycles. The van der Waals surface area contributed by atoms with Gasteiger partial charge in [-0.2, -0.15) is 0 Å². The van der Waals surface area contributed by atoms with Crippen molar-refractivity contribution < 1.29 is 14.7 Å². The third kappa shape index (κ3) is 3.06. The van der Waals surface area contributed by atoms with Crippen LogP contribution in [0.2, 0.25) is 0 Å². The molecule has 1 aromatic carbocycles. The second kappa shape index (κ2) is 5.63. The first-order valence-corrected chi connectivity index (χ1v) is 6.14. The van der Waals surface area contributed by atoms with E-state index in [-0.39, 0.29) is 12.2 Å². The van der Waals surface area contributed by atoms with E-state index in [2.05, 4.69) is 0 Å². The summed E-state index contributed by atoms with van der Waals surface area (Å²) in [5, 5.41) is 9.24. The van der Waals surface area contributed by atoms with Gasteiger partial charge in [0.25, 0.3) is 0 Å². The van der Waals surface area contributed by atoms with Crippen molar-refractivity contribution in [1.29, 1.82) is 0 Å². The van der Waals surface area contributed by atoms with Crippen LogP contribution < -0.4 is 0 Å². The fourth-order valence-electron chi connectivity index (χ4n) is 2.29. The number of benzene rings is 1.